The molecule has 0 amide bonds. The molecule has 1 aromatic rings. The highest BCUT2D eigenvalue weighted by atomic mass is 16.3. The van der Waals surface area contributed by atoms with Crippen molar-refractivity contribution in [3.63, 3.8) is 0 Å². The minimum atomic E-state index is 0.551. The molecule has 2 nitrogen and oxygen atoms in total. The van der Waals surface area contributed by atoms with E-state index in [1.165, 1.54) is 0 Å². The van der Waals surface area contributed by atoms with Crippen molar-refractivity contribution >= 4 is 0 Å². The second-order valence-electron chi connectivity index (χ2n) is 3.61. The summed E-state index contributed by atoms with van der Waals surface area (Å²) in [5, 5.41) is 3.42. The number of hydrogen-bond acceptors (Lipinski definition) is 2. The van der Waals surface area contributed by atoms with E-state index in [1.807, 2.05) is 12.1 Å². The third-order valence-corrected chi connectivity index (χ3v) is 2.48. The maximum absolute atomic E-state index is 5.30. The van der Waals surface area contributed by atoms with Gasteiger partial charge in [0, 0.05) is 12.5 Å². The third-order valence-electron chi connectivity index (χ3n) is 2.48. The van der Waals surface area contributed by atoms with Gasteiger partial charge in [-0.2, -0.15) is 0 Å². The van der Waals surface area contributed by atoms with Crippen LogP contribution in [0.2, 0.25) is 0 Å². The van der Waals surface area contributed by atoms with Gasteiger partial charge in [0.05, 0.1) is 6.26 Å². The van der Waals surface area contributed by atoms with Crippen LogP contribution in [0.4, 0.5) is 0 Å². The molecule has 0 aliphatic heterocycles. The molecule has 2 unspecified atom stereocenters. The highest BCUT2D eigenvalue weighted by Crippen LogP contribution is 2.12. The Hall–Kier alpha value is -0.760. The zero-order chi connectivity index (χ0) is 9.68. The van der Waals surface area contributed by atoms with Crippen LogP contribution in [0.25, 0.3) is 0 Å². The van der Waals surface area contributed by atoms with Gasteiger partial charge >= 0.3 is 0 Å². The Labute approximate surface area is 80.3 Å². The van der Waals surface area contributed by atoms with E-state index in [0.29, 0.717) is 12.0 Å². The van der Waals surface area contributed by atoms with Crippen molar-refractivity contribution in [1.82, 2.24) is 5.32 Å². The molecule has 0 aromatic carbocycles. The highest BCUT2D eigenvalue weighted by Gasteiger charge is 2.12. The van der Waals surface area contributed by atoms with Gasteiger partial charge in [0.2, 0.25) is 0 Å². The van der Waals surface area contributed by atoms with Gasteiger partial charge in [-0.25, -0.2) is 0 Å². The standard InChI is InChI=1S/C11H19NO/c1-4-12-10(3)9(2)8-11-6-5-7-13-11/h5-7,9-10,12H,4,8H2,1-3H3. The van der Waals surface area contributed by atoms with Gasteiger partial charge in [0.25, 0.3) is 0 Å². The molecule has 0 saturated carbocycles. The Morgan fingerprint density at radius 1 is 1.46 bits per heavy atom. The first-order valence-electron chi connectivity index (χ1n) is 4.99. The summed E-state index contributed by atoms with van der Waals surface area (Å²) in [6.07, 6.45) is 2.75. The zero-order valence-corrected chi connectivity index (χ0v) is 8.71. The number of rotatable bonds is 5. The molecule has 2 heteroatoms. The van der Waals surface area contributed by atoms with Gasteiger partial charge in [-0.3, -0.25) is 0 Å². The first-order valence-corrected chi connectivity index (χ1v) is 4.99. The lowest BCUT2D eigenvalue weighted by molar-refractivity contribution is 0.374. The van der Waals surface area contributed by atoms with Gasteiger partial charge in [0.15, 0.2) is 0 Å². The Morgan fingerprint density at radius 2 is 2.23 bits per heavy atom. The van der Waals surface area contributed by atoms with Crippen molar-refractivity contribution < 1.29 is 4.42 Å². The number of hydrogen-bond donors (Lipinski definition) is 1. The minimum Gasteiger partial charge on any atom is -0.469 e. The van der Waals surface area contributed by atoms with Crippen LogP contribution in [0, 0.1) is 5.92 Å². The molecule has 1 N–H and O–H groups in total. The van der Waals surface area contributed by atoms with E-state index < -0.39 is 0 Å². The molecule has 74 valence electrons. The fourth-order valence-corrected chi connectivity index (χ4v) is 1.45. The van der Waals surface area contributed by atoms with Crippen LogP contribution in [0.15, 0.2) is 22.8 Å². The van der Waals surface area contributed by atoms with E-state index in [9.17, 15) is 0 Å². The maximum atomic E-state index is 5.30. The summed E-state index contributed by atoms with van der Waals surface area (Å²) in [5.74, 6) is 1.70. The first-order chi connectivity index (χ1) is 6.24. The van der Waals surface area contributed by atoms with Crippen molar-refractivity contribution in [2.24, 2.45) is 5.92 Å². The van der Waals surface area contributed by atoms with Gasteiger partial charge in [-0.1, -0.05) is 13.8 Å². The summed E-state index contributed by atoms with van der Waals surface area (Å²) in [6, 6.07) is 4.53. The number of furan rings is 1. The predicted octanol–water partition coefficient (Wildman–Crippen LogP) is 2.46. The van der Waals surface area contributed by atoms with Crippen molar-refractivity contribution in [3.8, 4) is 0 Å². The van der Waals surface area contributed by atoms with Gasteiger partial charge in [-0.05, 0) is 31.5 Å². The van der Waals surface area contributed by atoms with Crippen LogP contribution in [0.3, 0.4) is 0 Å². The van der Waals surface area contributed by atoms with Crippen LogP contribution >= 0.6 is 0 Å². The second kappa shape index (κ2) is 5.07. The molecule has 0 radical (unpaired) electrons. The van der Waals surface area contributed by atoms with Crippen molar-refractivity contribution in [3.05, 3.63) is 24.2 Å². The van der Waals surface area contributed by atoms with Crippen molar-refractivity contribution in [1.29, 1.82) is 0 Å². The van der Waals surface area contributed by atoms with Crippen LogP contribution < -0.4 is 5.32 Å². The Bertz CT molecular complexity index is 218. The highest BCUT2D eigenvalue weighted by molar-refractivity contribution is 4.99. The van der Waals surface area contributed by atoms with Crippen molar-refractivity contribution in [2.45, 2.75) is 33.2 Å². The Kier molecular flexibility index (Phi) is 4.03. The normalized spacial score (nSPS) is 15.6. The summed E-state index contributed by atoms with van der Waals surface area (Å²) in [4.78, 5) is 0. The van der Waals surface area contributed by atoms with Crippen molar-refractivity contribution in [2.75, 3.05) is 6.54 Å². The molecule has 0 aliphatic carbocycles. The Morgan fingerprint density at radius 3 is 2.77 bits per heavy atom. The van der Waals surface area contributed by atoms with E-state index in [4.69, 9.17) is 4.42 Å². The van der Waals surface area contributed by atoms with Crippen LogP contribution in [0.1, 0.15) is 26.5 Å². The molecular weight excluding hydrogens is 162 g/mol. The molecule has 1 aromatic heterocycles. The molecule has 1 heterocycles. The van der Waals surface area contributed by atoms with Gasteiger partial charge in [-0.15, -0.1) is 0 Å². The fourth-order valence-electron chi connectivity index (χ4n) is 1.45. The van der Waals surface area contributed by atoms with E-state index in [0.717, 1.165) is 18.7 Å². The largest absolute Gasteiger partial charge is 0.469 e. The van der Waals surface area contributed by atoms with Crippen LogP contribution in [-0.4, -0.2) is 12.6 Å². The molecule has 1 rings (SSSR count). The van der Waals surface area contributed by atoms with Crippen LogP contribution in [-0.2, 0) is 6.42 Å². The molecule has 2 atom stereocenters. The summed E-state index contributed by atoms with van der Waals surface area (Å²) >= 11 is 0. The predicted molar refractivity (Wildman–Crippen MR) is 54.7 cm³/mol. The van der Waals surface area contributed by atoms with E-state index in [-0.39, 0.29) is 0 Å². The first kappa shape index (κ1) is 10.3. The molecule has 13 heavy (non-hydrogen) atoms. The molecule has 0 spiro atoms. The summed E-state index contributed by atoms with van der Waals surface area (Å²) in [7, 11) is 0. The molecule has 0 saturated heterocycles. The summed E-state index contributed by atoms with van der Waals surface area (Å²) < 4.78 is 5.30. The SMILES string of the molecule is CCNC(C)C(C)Cc1ccco1. The van der Waals surface area contributed by atoms with E-state index >= 15 is 0 Å². The quantitative estimate of drug-likeness (QED) is 0.754. The van der Waals surface area contributed by atoms with Crippen LogP contribution in [0.5, 0.6) is 0 Å². The lowest BCUT2D eigenvalue weighted by atomic mass is 9.98. The third kappa shape index (κ3) is 3.23. The Balaban J connectivity index is 2.36. The molecule has 0 bridgehead atoms. The molecule has 0 fully saturated rings. The summed E-state index contributed by atoms with van der Waals surface area (Å²) in [5.41, 5.74) is 0. The average molecular weight is 181 g/mol. The fraction of sp³-hybridized carbons (Fsp3) is 0.636. The number of nitrogens with one attached hydrogen (secondary N) is 1. The lowest BCUT2D eigenvalue weighted by Crippen LogP contribution is -2.32. The van der Waals surface area contributed by atoms with Gasteiger partial charge < -0.3 is 9.73 Å². The monoisotopic (exact) mass is 181 g/mol. The zero-order valence-electron chi connectivity index (χ0n) is 8.71. The molecule has 0 aliphatic rings. The minimum absolute atomic E-state index is 0.551. The van der Waals surface area contributed by atoms with E-state index in [2.05, 4.69) is 26.1 Å². The lowest BCUT2D eigenvalue weighted by Gasteiger charge is -2.19. The second-order valence-corrected chi connectivity index (χ2v) is 3.61. The van der Waals surface area contributed by atoms with Gasteiger partial charge in [0.1, 0.15) is 5.76 Å². The van der Waals surface area contributed by atoms with E-state index in [1.54, 1.807) is 6.26 Å². The average Bonchev–Trinajstić information content (AvgIpc) is 2.57. The topological polar surface area (TPSA) is 25.2 Å². The summed E-state index contributed by atoms with van der Waals surface area (Å²) in [6.45, 7) is 7.63. The molecular formula is C11H19NO. The smallest absolute Gasteiger partial charge is 0.104 e. The maximum Gasteiger partial charge on any atom is 0.104 e.